The van der Waals surface area contributed by atoms with Crippen LogP contribution in [0.2, 0.25) is 15.1 Å². The maximum atomic E-state index is 12.4. The number of hydrogen-bond donors (Lipinski definition) is 2. The Bertz CT molecular complexity index is 819. The van der Waals surface area contributed by atoms with Crippen molar-refractivity contribution in [1.29, 1.82) is 0 Å². The highest BCUT2D eigenvalue weighted by molar-refractivity contribution is 6.41. The average molecular weight is 399 g/mol. The van der Waals surface area contributed by atoms with E-state index >= 15 is 0 Å². The van der Waals surface area contributed by atoms with E-state index in [2.05, 4.69) is 10.9 Å². The Morgan fingerprint density at radius 1 is 1.08 bits per heavy atom. The summed E-state index contributed by atoms with van der Waals surface area (Å²) in [4.78, 5) is 25.9. The summed E-state index contributed by atoms with van der Waals surface area (Å²) in [6.07, 6.45) is 1.36. The highest BCUT2D eigenvalue weighted by atomic mass is 35.5. The smallest absolute Gasteiger partial charge is 0.269 e. The Balaban J connectivity index is 1.73. The second kappa shape index (κ2) is 7.52. The predicted octanol–water partition coefficient (Wildman–Crippen LogP) is 4.53. The molecule has 0 bridgehead atoms. The molecule has 5 nitrogen and oxygen atoms in total. The number of rotatable bonds is 4. The van der Waals surface area contributed by atoms with Crippen LogP contribution in [0.3, 0.4) is 0 Å². The minimum atomic E-state index is -0.379. The van der Waals surface area contributed by atoms with Gasteiger partial charge in [0.25, 0.3) is 5.91 Å². The SMILES string of the molecule is O=C(NNc1c(Cl)cc(Cl)cc1Cl)c1cccc(N2CCCC2=O)c1. The molecule has 1 fully saturated rings. The standard InChI is InChI=1S/C17H14Cl3N3O2/c18-11-8-13(19)16(14(20)9-11)21-22-17(25)10-3-1-4-12(7-10)23-6-2-5-15(23)24/h1,3-4,7-9,21H,2,5-6H2,(H,22,25). The fourth-order valence-electron chi connectivity index (χ4n) is 2.59. The molecule has 1 aliphatic rings. The Kier molecular flexibility index (Phi) is 5.37. The van der Waals surface area contributed by atoms with Crippen LogP contribution in [-0.4, -0.2) is 18.4 Å². The van der Waals surface area contributed by atoms with E-state index < -0.39 is 0 Å². The fraction of sp³-hybridized carbons (Fsp3) is 0.176. The first kappa shape index (κ1) is 17.9. The van der Waals surface area contributed by atoms with Crippen molar-refractivity contribution in [2.45, 2.75) is 12.8 Å². The predicted molar refractivity (Wildman–Crippen MR) is 101 cm³/mol. The Morgan fingerprint density at radius 3 is 2.44 bits per heavy atom. The number of carbonyl (C=O) groups excluding carboxylic acids is 2. The zero-order valence-corrected chi connectivity index (χ0v) is 15.3. The summed E-state index contributed by atoms with van der Waals surface area (Å²) >= 11 is 18.0. The summed E-state index contributed by atoms with van der Waals surface area (Å²) < 4.78 is 0. The third-order valence-corrected chi connectivity index (χ3v) is 4.62. The zero-order valence-electron chi connectivity index (χ0n) is 13.0. The molecule has 0 unspecified atom stereocenters. The fourth-order valence-corrected chi connectivity index (χ4v) is 3.50. The van der Waals surface area contributed by atoms with Gasteiger partial charge in [0.2, 0.25) is 5.91 Å². The zero-order chi connectivity index (χ0) is 18.0. The molecule has 0 spiro atoms. The van der Waals surface area contributed by atoms with Crippen LogP contribution < -0.4 is 15.8 Å². The van der Waals surface area contributed by atoms with Crippen molar-refractivity contribution in [1.82, 2.24) is 5.43 Å². The van der Waals surface area contributed by atoms with Crippen LogP contribution in [0, 0.1) is 0 Å². The third-order valence-electron chi connectivity index (χ3n) is 3.80. The molecular weight excluding hydrogens is 385 g/mol. The first-order valence-corrected chi connectivity index (χ1v) is 8.70. The van der Waals surface area contributed by atoms with Crippen LogP contribution in [0.1, 0.15) is 23.2 Å². The second-order valence-electron chi connectivity index (χ2n) is 5.52. The van der Waals surface area contributed by atoms with E-state index in [4.69, 9.17) is 34.8 Å². The highest BCUT2D eigenvalue weighted by Gasteiger charge is 2.22. The maximum absolute atomic E-state index is 12.4. The molecule has 1 saturated heterocycles. The van der Waals surface area contributed by atoms with E-state index in [0.29, 0.717) is 34.9 Å². The molecule has 0 atom stereocenters. The van der Waals surface area contributed by atoms with Gasteiger partial charge in [0, 0.05) is 29.2 Å². The van der Waals surface area contributed by atoms with E-state index in [1.807, 2.05) is 0 Å². The van der Waals surface area contributed by atoms with Gasteiger partial charge in [0.1, 0.15) is 0 Å². The molecule has 25 heavy (non-hydrogen) atoms. The molecule has 0 aliphatic carbocycles. The van der Waals surface area contributed by atoms with Gasteiger partial charge in [-0.05, 0) is 36.8 Å². The second-order valence-corrected chi connectivity index (χ2v) is 6.77. The van der Waals surface area contributed by atoms with E-state index in [1.165, 1.54) is 12.1 Å². The minimum absolute atomic E-state index is 0.0652. The number of nitrogens with one attached hydrogen (secondary N) is 2. The minimum Gasteiger partial charge on any atom is -0.312 e. The molecule has 3 rings (SSSR count). The summed E-state index contributed by atoms with van der Waals surface area (Å²) in [5.41, 5.74) is 6.71. The molecule has 1 heterocycles. The van der Waals surface area contributed by atoms with Crippen molar-refractivity contribution < 1.29 is 9.59 Å². The van der Waals surface area contributed by atoms with Crippen molar-refractivity contribution in [2.75, 3.05) is 16.9 Å². The van der Waals surface area contributed by atoms with Crippen LogP contribution in [0.15, 0.2) is 36.4 Å². The molecule has 0 saturated carbocycles. The summed E-state index contributed by atoms with van der Waals surface area (Å²) in [7, 11) is 0. The molecule has 130 valence electrons. The molecule has 8 heteroatoms. The molecule has 0 radical (unpaired) electrons. The van der Waals surface area contributed by atoms with Crippen molar-refractivity contribution in [3.05, 3.63) is 57.0 Å². The van der Waals surface area contributed by atoms with Crippen LogP contribution in [0.25, 0.3) is 0 Å². The molecule has 1 aliphatic heterocycles. The maximum Gasteiger partial charge on any atom is 0.269 e. The number of hydrogen-bond acceptors (Lipinski definition) is 3. The molecule has 2 aromatic rings. The monoisotopic (exact) mass is 397 g/mol. The summed E-state index contributed by atoms with van der Waals surface area (Å²) in [5, 5.41) is 0.971. The Hall–Kier alpha value is -1.95. The van der Waals surface area contributed by atoms with E-state index in [-0.39, 0.29) is 21.9 Å². The highest BCUT2D eigenvalue weighted by Crippen LogP contribution is 2.33. The lowest BCUT2D eigenvalue weighted by Crippen LogP contribution is -2.30. The van der Waals surface area contributed by atoms with Crippen molar-refractivity contribution in [3.63, 3.8) is 0 Å². The number of halogens is 3. The summed E-state index contributed by atoms with van der Waals surface area (Å²) in [6.45, 7) is 0.665. The number of carbonyl (C=O) groups is 2. The van der Waals surface area contributed by atoms with Crippen LogP contribution in [0.4, 0.5) is 11.4 Å². The van der Waals surface area contributed by atoms with Gasteiger partial charge in [-0.25, -0.2) is 0 Å². The van der Waals surface area contributed by atoms with Crippen molar-refractivity contribution in [3.8, 4) is 0 Å². The number of hydrazine groups is 1. The largest absolute Gasteiger partial charge is 0.312 e. The molecule has 0 aromatic heterocycles. The van der Waals surface area contributed by atoms with E-state index in [0.717, 1.165) is 6.42 Å². The number of benzene rings is 2. The van der Waals surface area contributed by atoms with Gasteiger partial charge in [-0.15, -0.1) is 0 Å². The van der Waals surface area contributed by atoms with Crippen LogP contribution in [0.5, 0.6) is 0 Å². The average Bonchev–Trinajstić information content (AvgIpc) is 3.00. The van der Waals surface area contributed by atoms with Gasteiger partial charge in [0.15, 0.2) is 0 Å². The van der Waals surface area contributed by atoms with Gasteiger partial charge in [-0.2, -0.15) is 0 Å². The van der Waals surface area contributed by atoms with Gasteiger partial charge in [-0.3, -0.25) is 20.4 Å². The van der Waals surface area contributed by atoms with Crippen molar-refractivity contribution >= 4 is 58.0 Å². The van der Waals surface area contributed by atoms with Crippen LogP contribution in [-0.2, 0) is 4.79 Å². The number of anilines is 2. The summed E-state index contributed by atoms with van der Waals surface area (Å²) in [6, 6.07) is 9.90. The molecule has 2 aromatic carbocycles. The van der Waals surface area contributed by atoms with Gasteiger partial charge >= 0.3 is 0 Å². The molecule has 2 amide bonds. The van der Waals surface area contributed by atoms with Crippen LogP contribution >= 0.6 is 34.8 Å². The summed E-state index contributed by atoms with van der Waals surface area (Å²) in [5.74, 6) is -0.314. The third kappa shape index (κ3) is 4.00. The van der Waals surface area contributed by atoms with Gasteiger partial charge < -0.3 is 4.90 Å². The first-order chi connectivity index (χ1) is 12.0. The van der Waals surface area contributed by atoms with Crippen molar-refractivity contribution in [2.24, 2.45) is 0 Å². The number of amides is 2. The lowest BCUT2D eigenvalue weighted by Gasteiger charge is -2.17. The van der Waals surface area contributed by atoms with Gasteiger partial charge in [-0.1, -0.05) is 40.9 Å². The molecular formula is C17H14Cl3N3O2. The first-order valence-electron chi connectivity index (χ1n) is 7.57. The lowest BCUT2D eigenvalue weighted by molar-refractivity contribution is -0.117. The Labute approximate surface area is 159 Å². The number of nitrogens with zero attached hydrogens (tertiary/aromatic N) is 1. The lowest BCUT2D eigenvalue weighted by atomic mass is 10.2. The normalized spacial score (nSPS) is 13.9. The quantitative estimate of drug-likeness (QED) is 0.744. The van der Waals surface area contributed by atoms with E-state index in [1.54, 1.807) is 29.2 Å². The topological polar surface area (TPSA) is 61.4 Å². The Morgan fingerprint density at radius 2 is 1.80 bits per heavy atom. The molecule has 2 N–H and O–H groups in total. The van der Waals surface area contributed by atoms with Gasteiger partial charge in [0.05, 0.1) is 15.7 Å². The van der Waals surface area contributed by atoms with E-state index in [9.17, 15) is 9.59 Å².